The molecule has 0 radical (unpaired) electrons. The molecule has 0 N–H and O–H groups in total. The Hall–Kier alpha value is -3.39. The normalized spacial score (nSPS) is 11.0. The van der Waals surface area contributed by atoms with E-state index in [-0.39, 0.29) is 5.56 Å². The van der Waals surface area contributed by atoms with Crippen molar-refractivity contribution in [3.8, 4) is 11.8 Å². The number of benzene rings is 2. The van der Waals surface area contributed by atoms with E-state index in [0.717, 1.165) is 16.8 Å². The molecule has 5 heteroatoms. The second-order valence-corrected chi connectivity index (χ2v) is 5.36. The average Bonchev–Trinajstić information content (AvgIpc) is 3.06. The van der Waals surface area contributed by atoms with Crippen molar-refractivity contribution in [2.75, 3.05) is 0 Å². The summed E-state index contributed by atoms with van der Waals surface area (Å²) in [6.45, 7) is 1.96. The maximum absolute atomic E-state index is 13.0. The number of imidazole rings is 1. The second kappa shape index (κ2) is 4.82. The number of fused-ring (bicyclic) bond motifs is 3. The van der Waals surface area contributed by atoms with Crippen molar-refractivity contribution >= 4 is 16.7 Å². The van der Waals surface area contributed by atoms with E-state index >= 15 is 0 Å². The Kier molecular flexibility index (Phi) is 2.78. The number of rotatable bonds is 1. The fourth-order valence-corrected chi connectivity index (χ4v) is 2.89. The first kappa shape index (κ1) is 13.3. The summed E-state index contributed by atoms with van der Waals surface area (Å²) in [6.07, 6.45) is 3.36. The van der Waals surface area contributed by atoms with Crippen molar-refractivity contribution in [2.24, 2.45) is 0 Å². The van der Waals surface area contributed by atoms with E-state index in [4.69, 9.17) is 0 Å². The molecule has 0 fully saturated rings. The van der Waals surface area contributed by atoms with Gasteiger partial charge in [0.2, 0.25) is 5.65 Å². The van der Waals surface area contributed by atoms with Gasteiger partial charge in [0.05, 0.1) is 28.4 Å². The first-order chi connectivity index (χ1) is 11.2. The molecule has 0 aliphatic heterocycles. The summed E-state index contributed by atoms with van der Waals surface area (Å²) in [4.78, 5) is 17.1. The van der Waals surface area contributed by atoms with Crippen LogP contribution < -0.4 is 5.56 Å². The lowest BCUT2D eigenvalue weighted by atomic mass is 10.1. The summed E-state index contributed by atoms with van der Waals surface area (Å²) in [5.74, 6) is 0. The lowest BCUT2D eigenvalue weighted by Gasteiger charge is -2.14. The summed E-state index contributed by atoms with van der Waals surface area (Å²) in [7, 11) is 0. The minimum absolute atomic E-state index is 0.202. The Balaban J connectivity index is 2.29. The minimum Gasteiger partial charge on any atom is -0.294 e. The first-order valence-electron chi connectivity index (χ1n) is 7.18. The van der Waals surface area contributed by atoms with Gasteiger partial charge in [0.25, 0.3) is 5.56 Å². The Labute approximate surface area is 131 Å². The van der Waals surface area contributed by atoms with Crippen LogP contribution in [0.5, 0.6) is 0 Å². The van der Waals surface area contributed by atoms with Gasteiger partial charge >= 0.3 is 0 Å². The van der Waals surface area contributed by atoms with Crippen LogP contribution in [0.3, 0.4) is 0 Å². The summed E-state index contributed by atoms with van der Waals surface area (Å²) in [5, 5.41) is 9.20. The van der Waals surface area contributed by atoms with Gasteiger partial charge in [0.15, 0.2) is 0 Å². The lowest BCUT2D eigenvalue weighted by molar-refractivity contribution is 1.00. The van der Waals surface area contributed by atoms with E-state index in [0.29, 0.717) is 16.7 Å². The number of aromatic nitrogens is 3. The van der Waals surface area contributed by atoms with Crippen LogP contribution in [-0.2, 0) is 0 Å². The standard InChI is InChI=1S/C18H12N4O/c1-12-4-2-3-5-14(12)22-16-10-13(11-19)6-7-15(16)21-9-8-20-17(21)18(22)23/h2-10H,1H3. The molecule has 0 atom stereocenters. The third kappa shape index (κ3) is 1.86. The maximum Gasteiger partial charge on any atom is 0.299 e. The number of hydrogen-bond acceptors (Lipinski definition) is 3. The van der Waals surface area contributed by atoms with E-state index in [1.165, 1.54) is 0 Å². The predicted molar refractivity (Wildman–Crippen MR) is 87.7 cm³/mol. The molecule has 23 heavy (non-hydrogen) atoms. The zero-order valence-corrected chi connectivity index (χ0v) is 12.4. The lowest BCUT2D eigenvalue weighted by Crippen LogP contribution is -2.22. The van der Waals surface area contributed by atoms with Crippen molar-refractivity contribution in [1.29, 1.82) is 5.26 Å². The fraction of sp³-hybridized carbons (Fsp3) is 0.0556. The maximum atomic E-state index is 13.0. The molecule has 2 aromatic carbocycles. The molecule has 0 aliphatic rings. The molecule has 0 unspecified atom stereocenters. The average molecular weight is 300 g/mol. The van der Waals surface area contributed by atoms with Crippen LogP contribution >= 0.6 is 0 Å². The Morgan fingerprint density at radius 2 is 1.96 bits per heavy atom. The van der Waals surface area contributed by atoms with E-state index in [2.05, 4.69) is 11.1 Å². The number of aryl methyl sites for hydroxylation is 1. The van der Waals surface area contributed by atoms with Crippen LogP contribution in [0.15, 0.2) is 59.7 Å². The third-order valence-electron chi connectivity index (χ3n) is 4.00. The largest absolute Gasteiger partial charge is 0.299 e. The fourth-order valence-electron chi connectivity index (χ4n) is 2.89. The quantitative estimate of drug-likeness (QED) is 0.543. The van der Waals surface area contributed by atoms with Crippen molar-refractivity contribution in [3.63, 3.8) is 0 Å². The van der Waals surface area contributed by atoms with Crippen molar-refractivity contribution in [1.82, 2.24) is 14.0 Å². The summed E-state index contributed by atoms with van der Waals surface area (Å²) < 4.78 is 3.39. The van der Waals surface area contributed by atoms with E-state index < -0.39 is 0 Å². The molecular weight excluding hydrogens is 288 g/mol. The number of nitrogens with zero attached hydrogens (tertiary/aromatic N) is 4. The first-order valence-corrected chi connectivity index (χ1v) is 7.18. The van der Waals surface area contributed by atoms with Crippen molar-refractivity contribution in [2.45, 2.75) is 6.92 Å². The Bertz CT molecular complexity index is 1160. The predicted octanol–water partition coefficient (Wildman–Crippen LogP) is 2.82. The van der Waals surface area contributed by atoms with Gasteiger partial charge in [-0.15, -0.1) is 0 Å². The van der Waals surface area contributed by atoms with Crippen LogP contribution in [0.4, 0.5) is 0 Å². The molecule has 0 aliphatic carbocycles. The monoisotopic (exact) mass is 300 g/mol. The van der Waals surface area contributed by atoms with Gasteiger partial charge in [-0.2, -0.15) is 5.26 Å². The molecule has 0 bridgehead atoms. The van der Waals surface area contributed by atoms with Gasteiger partial charge in [-0.3, -0.25) is 13.8 Å². The number of nitriles is 1. The van der Waals surface area contributed by atoms with Gasteiger partial charge in [-0.05, 0) is 36.8 Å². The van der Waals surface area contributed by atoms with E-state index in [1.54, 1.807) is 33.5 Å². The SMILES string of the molecule is Cc1ccccc1-n1c(=O)c2nccn2c2ccc(C#N)cc21. The molecule has 0 amide bonds. The molecule has 0 saturated heterocycles. The second-order valence-electron chi connectivity index (χ2n) is 5.36. The van der Waals surface area contributed by atoms with Crippen molar-refractivity contribution < 1.29 is 0 Å². The zero-order valence-electron chi connectivity index (χ0n) is 12.4. The van der Waals surface area contributed by atoms with Crippen LogP contribution in [0.25, 0.3) is 22.4 Å². The molecule has 2 heterocycles. The molecule has 5 nitrogen and oxygen atoms in total. The smallest absolute Gasteiger partial charge is 0.294 e. The van der Waals surface area contributed by atoms with Gasteiger partial charge in [0.1, 0.15) is 0 Å². The number of hydrogen-bond donors (Lipinski definition) is 0. The zero-order chi connectivity index (χ0) is 16.0. The third-order valence-corrected chi connectivity index (χ3v) is 4.00. The van der Waals surface area contributed by atoms with Crippen molar-refractivity contribution in [3.05, 3.63) is 76.3 Å². The Morgan fingerprint density at radius 1 is 1.13 bits per heavy atom. The van der Waals surface area contributed by atoms with E-state index in [9.17, 15) is 10.1 Å². The molecular formula is C18H12N4O. The molecule has 110 valence electrons. The van der Waals surface area contributed by atoms with Crippen LogP contribution in [-0.4, -0.2) is 14.0 Å². The van der Waals surface area contributed by atoms with Gasteiger partial charge in [-0.1, -0.05) is 18.2 Å². The molecule has 4 aromatic rings. The number of para-hydroxylation sites is 1. The highest BCUT2D eigenvalue weighted by molar-refractivity contribution is 5.81. The minimum atomic E-state index is -0.202. The highest BCUT2D eigenvalue weighted by atomic mass is 16.1. The van der Waals surface area contributed by atoms with Crippen LogP contribution in [0.1, 0.15) is 11.1 Å². The highest BCUT2D eigenvalue weighted by Gasteiger charge is 2.14. The summed E-state index contributed by atoms with van der Waals surface area (Å²) in [6, 6.07) is 15.1. The molecule has 0 spiro atoms. The Morgan fingerprint density at radius 3 is 2.74 bits per heavy atom. The topological polar surface area (TPSA) is 63.1 Å². The van der Waals surface area contributed by atoms with E-state index in [1.807, 2.05) is 37.3 Å². The van der Waals surface area contributed by atoms with Gasteiger partial charge in [0, 0.05) is 12.4 Å². The van der Waals surface area contributed by atoms with Gasteiger partial charge < -0.3 is 0 Å². The molecule has 4 rings (SSSR count). The highest BCUT2D eigenvalue weighted by Crippen LogP contribution is 2.21. The van der Waals surface area contributed by atoms with Gasteiger partial charge in [-0.25, -0.2) is 4.98 Å². The van der Waals surface area contributed by atoms with Crippen LogP contribution in [0, 0.1) is 18.3 Å². The van der Waals surface area contributed by atoms with Crippen LogP contribution in [0.2, 0.25) is 0 Å². The summed E-state index contributed by atoms with van der Waals surface area (Å²) >= 11 is 0. The summed E-state index contributed by atoms with van der Waals surface area (Å²) in [5.41, 5.74) is 3.97. The molecule has 2 aromatic heterocycles. The molecule has 0 saturated carbocycles.